The van der Waals surface area contributed by atoms with E-state index in [1.54, 1.807) is 19.2 Å². The van der Waals surface area contributed by atoms with Crippen LogP contribution in [0.3, 0.4) is 0 Å². The predicted octanol–water partition coefficient (Wildman–Crippen LogP) is 4.68. The van der Waals surface area contributed by atoms with Crippen molar-refractivity contribution in [2.75, 3.05) is 13.7 Å². The second kappa shape index (κ2) is 7.97. The molecule has 0 saturated heterocycles. The summed E-state index contributed by atoms with van der Waals surface area (Å²) in [5, 5.41) is 3.14. The van der Waals surface area contributed by atoms with Crippen LogP contribution in [0.15, 0.2) is 54.6 Å². The van der Waals surface area contributed by atoms with Crippen molar-refractivity contribution in [2.24, 2.45) is 0 Å². The van der Waals surface area contributed by atoms with Gasteiger partial charge in [0.05, 0.1) is 13.2 Å². The third-order valence-corrected chi connectivity index (χ3v) is 4.56. The van der Waals surface area contributed by atoms with E-state index in [1.165, 1.54) is 0 Å². The first-order valence-electron chi connectivity index (χ1n) is 9.32. The molecule has 2 aromatic carbocycles. The van der Waals surface area contributed by atoms with Crippen LogP contribution in [-0.4, -0.2) is 25.2 Å². The molecule has 0 radical (unpaired) electrons. The van der Waals surface area contributed by atoms with E-state index in [0.717, 1.165) is 22.6 Å². The van der Waals surface area contributed by atoms with Crippen LogP contribution in [0, 0.1) is 0 Å². The van der Waals surface area contributed by atoms with Crippen LogP contribution in [0.2, 0.25) is 0 Å². The minimum absolute atomic E-state index is 0.155. The molecule has 0 spiro atoms. The zero-order valence-corrected chi connectivity index (χ0v) is 16.9. The third-order valence-electron chi connectivity index (χ3n) is 4.56. The summed E-state index contributed by atoms with van der Waals surface area (Å²) < 4.78 is 17.1. The van der Waals surface area contributed by atoms with Crippen LogP contribution in [0.25, 0.3) is 0 Å². The van der Waals surface area contributed by atoms with Gasteiger partial charge < -0.3 is 19.5 Å². The van der Waals surface area contributed by atoms with E-state index >= 15 is 0 Å². The first kappa shape index (κ1) is 19.8. The van der Waals surface area contributed by atoms with Crippen LogP contribution >= 0.6 is 0 Å². The van der Waals surface area contributed by atoms with Crippen molar-refractivity contribution in [1.29, 1.82) is 0 Å². The van der Waals surface area contributed by atoms with E-state index in [4.69, 9.17) is 14.2 Å². The maximum Gasteiger partial charge on any atom is 0.251 e. The molecule has 1 aliphatic heterocycles. The van der Waals surface area contributed by atoms with Gasteiger partial charge in [-0.3, -0.25) is 4.79 Å². The van der Waals surface area contributed by atoms with Crippen molar-refractivity contribution in [3.63, 3.8) is 0 Å². The molecule has 1 amide bonds. The Kier molecular flexibility index (Phi) is 5.63. The second-order valence-corrected chi connectivity index (χ2v) is 7.77. The Morgan fingerprint density at radius 2 is 2.04 bits per heavy atom. The molecule has 0 saturated carbocycles. The van der Waals surface area contributed by atoms with Crippen molar-refractivity contribution in [2.45, 2.75) is 38.8 Å². The van der Waals surface area contributed by atoms with Crippen LogP contribution in [0.1, 0.15) is 49.2 Å². The van der Waals surface area contributed by atoms with Gasteiger partial charge in [-0.05, 0) is 62.7 Å². The Bertz CT molecular complexity index is 888. The summed E-state index contributed by atoms with van der Waals surface area (Å²) >= 11 is 0. The van der Waals surface area contributed by atoms with Gasteiger partial charge in [-0.2, -0.15) is 0 Å². The number of amides is 1. The van der Waals surface area contributed by atoms with Gasteiger partial charge in [-0.1, -0.05) is 12.6 Å². The number of benzene rings is 2. The second-order valence-electron chi connectivity index (χ2n) is 7.77. The highest BCUT2D eigenvalue weighted by Crippen LogP contribution is 2.41. The Balaban J connectivity index is 1.82. The van der Waals surface area contributed by atoms with E-state index in [9.17, 15) is 4.79 Å². The maximum atomic E-state index is 12.9. The zero-order chi connectivity index (χ0) is 20.3. The fourth-order valence-electron chi connectivity index (χ4n) is 3.26. The van der Waals surface area contributed by atoms with Gasteiger partial charge in [-0.15, -0.1) is 0 Å². The van der Waals surface area contributed by atoms with Crippen molar-refractivity contribution >= 4 is 5.91 Å². The van der Waals surface area contributed by atoms with Crippen LogP contribution in [0.4, 0.5) is 0 Å². The van der Waals surface area contributed by atoms with Gasteiger partial charge in [0, 0.05) is 17.5 Å². The van der Waals surface area contributed by atoms with Crippen molar-refractivity contribution in [1.82, 2.24) is 5.32 Å². The summed E-state index contributed by atoms with van der Waals surface area (Å²) in [6, 6.07) is 12.7. The van der Waals surface area contributed by atoms with Crippen molar-refractivity contribution < 1.29 is 19.0 Å². The summed E-state index contributed by atoms with van der Waals surface area (Å²) in [6.07, 6.45) is 0.657. The number of hydrogen-bond acceptors (Lipinski definition) is 4. The largest absolute Gasteiger partial charge is 0.497 e. The van der Waals surface area contributed by atoms with Gasteiger partial charge in [0.1, 0.15) is 29.5 Å². The highest BCUT2D eigenvalue weighted by Gasteiger charge is 2.35. The third kappa shape index (κ3) is 4.66. The Labute approximate surface area is 166 Å². The van der Waals surface area contributed by atoms with Gasteiger partial charge >= 0.3 is 0 Å². The molecule has 0 bridgehead atoms. The number of carbonyl (C=O) groups is 1. The molecular weight excluding hydrogens is 354 g/mol. The fourth-order valence-corrected chi connectivity index (χ4v) is 3.26. The Morgan fingerprint density at radius 1 is 1.25 bits per heavy atom. The molecule has 148 valence electrons. The molecule has 0 unspecified atom stereocenters. The SMILES string of the molecule is C=C(C)COc1cccc(C(=O)N[C@H]2CC(C)(C)Oc3ccc(OC)cc32)c1. The normalized spacial score (nSPS) is 17.1. The molecule has 1 N–H and O–H groups in total. The Morgan fingerprint density at radius 3 is 2.75 bits per heavy atom. The molecule has 1 heterocycles. The standard InChI is InChI=1S/C23H27NO4/c1-15(2)14-27-18-8-6-7-16(11-18)22(25)24-20-13-23(3,4)28-21-10-9-17(26-5)12-19(20)21/h6-12,20H,1,13-14H2,2-5H3,(H,24,25)/t20-/m0/s1. The van der Waals surface area contributed by atoms with Gasteiger partial charge in [0.2, 0.25) is 0 Å². The summed E-state index contributed by atoms with van der Waals surface area (Å²) in [5.41, 5.74) is 2.01. The number of hydrogen-bond donors (Lipinski definition) is 1. The number of ether oxygens (including phenoxy) is 3. The molecule has 1 aliphatic rings. The Hall–Kier alpha value is -2.95. The molecule has 5 nitrogen and oxygen atoms in total. The topological polar surface area (TPSA) is 56.8 Å². The van der Waals surface area contributed by atoms with E-state index < -0.39 is 0 Å². The number of fused-ring (bicyclic) bond motifs is 1. The molecule has 0 fully saturated rings. The fraction of sp³-hybridized carbons (Fsp3) is 0.348. The number of nitrogens with one attached hydrogen (secondary N) is 1. The minimum Gasteiger partial charge on any atom is -0.497 e. The predicted molar refractivity (Wildman–Crippen MR) is 109 cm³/mol. The average molecular weight is 381 g/mol. The van der Waals surface area contributed by atoms with Crippen LogP contribution in [0.5, 0.6) is 17.2 Å². The summed E-state index contributed by atoms with van der Waals surface area (Å²) in [6.45, 7) is 10.2. The molecule has 5 heteroatoms. The van der Waals surface area contributed by atoms with E-state index in [1.807, 2.05) is 51.1 Å². The molecule has 0 aromatic heterocycles. The monoisotopic (exact) mass is 381 g/mol. The van der Waals surface area contributed by atoms with Crippen molar-refractivity contribution in [3.8, 4) is 17.2 Å². The molecule has 2 aromatic rings. The highest BCUT2D eigenvalue weighted by molar-refractivity contribution is 5.95. The smallest absolute Gasteiger partial charge is 0.251 e. The highest BCUT2D eigenvalue weighted by atomic mass is 16.5. The lowest BCUT2D eigenvalue weighted by Crippen LogP contribution is -2.41. The quantitative estimate of drug-likeness (QED) is 0.738. The van der Waals surface area contributed by atoms with Crippen LogP contribution < -0.4 is 19.5 Å². The average Bonchev–Trinajstić information content (AvgIpc) is 2.65. The number of rotatable bonds is 6. The van der Waals surface area contributed by atoms with Gasteiger partial charge in [0.25, 0.3) is 5.91 Å². The maximum absolute atomic E-state index is 12.9. The lowest BCUT2D eigenvalue weighted by atomic mass is 9.89. The van der Waals surface area contributed by atoms with E-state index in [2.05, 4.69) is 11.9 Å². The lowest BCUT2D eigenvalue weighted by Gasteiger charge is -2.38. The van der Waals surface area contributed by atoms with Crippen LogP contribution in [-0.2, 0) is 0 Å². The molecule has 28 heavy (non-hydrogen) atoms. The molecule has 0 aliphatic carbocycles. The summed E-state index contributed by atoms with van der Waals surface area (Å²) in [5.74, 6) is 1.99. The lowest BCUT2D eigenvalue weighted by molar-refractivity contribution is 0.0618. The molecular formula is C23H27NO4. The first-order chi connectivity index (χ1) is 13.3. The van der Waals surface area contributed by atoms with E-state index in [0.29, 0.717) is 24.3 Å². The summed E-state index contributed by atoms with van der Waals surface area (Å²) in [4.78, 5) is 12.9. The number of carbonyl (C=O) groups excluding carboxylic acids is 1. The molecule has 3 rings (SSSR count). The van der Waals surface area contributed by atoms with Crippen molar-refractivity contribution in [3.05, 3.63) is 65.7 Å². The first-order valence-corrected chi connectivity index (χ1v) is 9.32. The molecule has 1 atom stereocenters. The zero-order valence-electron chi connectivity index (χ0n) is 16.9. The number of methoxy groups -OCH3 is 1. The van der Waals surface area contributed by atoms with E-state index in [-0.39, 0.29) is 17.6 Å². The van der Waals surface area contributed by atoms with Gasteiger partial charge in [0.15, 0.2) is 0 Å². The minimum atomic E-state index is -0.383. The van der Waals surface area contributed by atoms with Gasteiger partial charge in [-0.25, -0.2) is 0 Å². The summed E-state index contributed by atoms with van der Waals surface area (Å²) in [7, 11) is 1.62.